The summed E-state index contributed by atoms with van der Waals surface area (Å²) in [6.45, 7) is 6.14. The number of nitrogens with zero attached hydrogens (tertiary/aromatic N) is 1. The van der Waals surface area contributed by atoms with Gasteiger partial charge in [0.25, 0.3) is 0 Å². The van der Waals surface area contributed by atoms with Gasteiger partial charge in [0.1, 0.15) is 0 Å². The number of hydrogen-bond acceptors (Lipinski definition) is 3. The van der Waals surface area contributed by atoms with Crippen LogP contribution in [0, 0.1) is 0 Å². The molecule has 0 bridgehead atoms. The second-order valence-electron chi connectivity index (χ2n) is 4.42. The van der Waals surface area contributed by atoms with E-state index in [1.54, 1.807) is 0 Å². The third-order valence-electron chi connectivity index (χ3n) is 2.81. The van der Waals surface area contributed by atoms with E-state index < -0.39 is 0 Å². The second kappa shape index (κ2) is 6.19. The van der Waals surface area contributed by atoms with Crippen LogP contribution in [0.5, 0.6) is 0 Å². The molecule has 1 aliphatic heterocycles. The molecule has 0 fully saturated rings. The molecule has 1 aromatic rings. The number of hydrogen-bond donors (Lipinski definition) is 2. The minimum atomic E-state index is 0.439. The van der Waals surface area contributed by atoms with Crippen molar-refractivity contribution >= 4 is 0 Å². The summed E-state index contributed by atoms with van der Waals surface area (Å²) in [4.78, 5) is 2.21. The lowest BCUT2D eigenvalue weighted by molar-refractivity contribution is 0.178. The average molecular weight is 242 g/mol. The van der Waals surface area contributed by atoms with Gasteiger partial charge in [0, 0.05) is 25.8 Å². The van der Waals surface area contributed by atoms with E-state index in [1.165, 1.54) is 5.56 Å². The normalized spacial score (nSPS) is 15.5. The zero-order chi connectivity index (χ0) is 12.8. The molecule has 2 rings (SSSR count). The molecule has 0 atom stereocenters. The van der Waals surface area contributed by atoms with Crippen molar-refractivity contribution in [3.05, 3.63) is 72.0 Å². The second-order valence-corrected chi connectivity index (χ2v) is 4.42. The van der Waals surface area contributed by atoms with Crippen LogP contribution in [0.15, 0.2) is 66.4 Å². The van der Waals surface area contributed by atoms with E-state index in [1.807, 2.05) is 36.6 Å². The SMILES string of the molecule is C=C1C=C(CNO)C=CN(Cc2ccccc2)C1. The van der Waals surface area contributed by atoms with Crippen LogP contribution in [-0.2, 0) is 6.54 Å². The van der Waals surface area contributed by atoms with Gasteiger partial charge in [-0.15, -0.1) is 0 Å². The van der Waals surface area contributed by atoms with E-state index in [9.17, 15) is 0 Å². The van der Waals surface area contributed by atoms with Gasteiger partial charge < -0.3 is 10.1 Å². The van der Waals surface area contributed by atoms with Crippen molar-refractivity contribution in [2.24, 2.45) is 0 Å². The molecule has 0 saturated heterocycles. The first-order chi connectivity index (χ1) is 8.78. The number of benzene rings is 1. The maximum Gasteiger partial charge on any atom is 0.0458 e. The van der Waals surface area contributed by atoms with Crippen molar-refractivity contribution in [3.63, 3.8) is 0 Å². The largest absolute Gasteiger partial charge is 0.369 e. The van der Waals surface area contributed by atoms with Crippen molar-refractivity contribution in [2.45, 2.75) is 6.54 Å². The van der Waals surface area contributed by atoms with Gasteiger partial charge in [0.15, 0.2) is 0 Å². The maximum absolute atomic E-state index is 8.73. The van der Waals surface area contributed by atoms with Gasteiger partial charge >= 0.3 is 0 Å². The molecule has 0 aromatic heterocycles. The first kappa shape index (κ1) is 12.6. The summed E-state index contributed by atoms with van der Waals surface area (Å²) in [6, 6.07) is 10.3. The lowest BCUT2D eigenvalue weighted by Crippen LogP contribution is -2.18. The molecule has 0 aliphatic carbocycles. The zero-order valence-corrected chi connectivity index (χ0v) is 10.3. The van der Waals surface area contributed by atoms with E-state index in [2.05, 4.69) is 29.1 Å². The Hall–Kier alpha value is -1.84. The molecule has 2 N–H and O–H groups in total. The first-order valence-electron chi connectivity index (χ1n) is 5.99. The van der Waals surface area contributed by atoms with E-state index >= 15 is 0 Å². The Morgan fingerprint density at radius 1 is 1.28 bits per heavy atom. The Balaban J connectivity index is 2.04. The third-order valence-corrected chi connectivity index (χ3v) is 2.81. The van der Waals surface area contributed by atoms with Crippen LogP contribution in [0.2, 0.25) is 0 Å². The monoisotopic (exact) mass is 242 g/mol. The minimum Gasteiger partial charge on any atom is -0.369 e. The van der Waals surface area contributed by atoms with Crippen LogP contribution >= 0.6 is 0 Å². The van der Waals surface area contributed by atoms with Gasteiger partial charge in [0.05, 0.1) is 0 Å². The van der Waals surface area contributed by atoms with E-state index in [0.717, 1.165) is 24.2 Å². The quantitative estimate of drug-likeness (QED) is 0.796. The predicted molar refractivity (Wildman–Crippen MR) is 73.0 cm³/mol. The summed E-state index contributed by atoms with van der Waals surface area (Å²) in [5.74, 6) is 0. The molecule has 1 aromatic carbocycles. The van der Waals surface area contributed by atoms with Crippen LogP contribution in [0.4, 0.5) is 0 Å². The number of hydroxylamine groups is 1. The Morgan fingerprint density at radius 2 is 2.06 bits per heavy atom. The van der Waals surface area contributed by atoms with Crippen LogP contribution in [-0.4, -0.2) is 23.2 Å². The first-order valence-corrected chi connectivity index (χ1v) is 5.99. The van der Waals surface area contributed by atoms with Crippen LogP contribution in [0.1, 0.15) is 5.56 Å². The highest BCUT2D eigenvalue weighted by Gasteiger charge is 2.06. The molecule has 1 heterocycles. The van der Waals surface area contributed by atoms with E-state index in [4.69, 9.17) is 5.21 Å². The van der Waals surface area contributed by atoms with Gasteiger partial charge in [-0.3, -0.25) is 0 Å². The summed E-state index contributed by atoms with van der Waals surface area (Å²) >= 11 is 0. The van der Waals surface area contributed by atoms with Gasteiger partial charge in [-0.05, 0) is 22.8 Å². The number of nitrogens with one attached hydrogen (secondary N) is 1. The summed E-state index contributed by atoms with van der Waals surface area (Å²) in [5.41, 5.74) is 5.52. The molecule has 0 spiro atoms. The fraction of sp³-hybridized carbons (Fsp3) is 0.200. The van der Waals surface area contributed by atoms with Gasteiger partial charge in [-0.2, -0.15) is 0 Å². The van der Waals surface area contributed by atoms with Crippen LogP contribution < -0.4 is 5.48 Å². The molecular formula is C15H18N2O. The maximum atomic E-state index is 8.73. The summed E-state index contributed by atoms with van der Waals surface area (Å²) in [7, 11) is 0. The van der Waals surface area contributed by atoms with E-state index in [0.29, 0.717) is 6.54 Å². The lowest BCUT2D eigenvalue weighted by atomic mass is 10.2. The molecule has 0 radical (unpaired) electrons. The molecule has 94 valence electrons. The molecule has 3 heteroatoms. The third kappa shape index (κ3) is 3.58. The molecule has 0 unspecified atom stereocenters. The van der Waals surface area contributed by atoms with Gasteiger partial charge in [0.2, 0.25) is 0 Å². The molecule has 3 nitrogen and oxygen atoms in total. The summed E-state index contributed by atoms with van der Waals surface area (Å²) in [6.07, 6.45) is 6.06. The Bertz CT molecular complexity index is 463. The summed E-state index contributed by atoms with van der Waals surface area (Å²) < 4.78 is 0. The van der Waals surface area contributed by atoms with E-state index in [-0.39, 0.29) is 0 Å². The Kier molecular flexibility index (Phi) is 4.34. The fourth-order valence-corrected chi connectivity index (χ4v) is 2.00. The Labute approximate surface area is 108 Å². The zero-order valence-electron chi connectivity index (χ0n) is 10.3. The molecule has 1 aliphatic rings. The predicted octanol–water partition coefficient (Wildman–Crippen LogP) is 2.48. The highest BCUT2D eigenvalue weighted by molar-refractivity contribution is 5.33. The van der Waals surface area contributed by atoms with Gasteiger partial charge in [-0.25, -0.2) is 5.48 Å². The summed E-state index contributed by atoms with van der Waals surface area (Å²) in [5, 5.41) is 8.73. The molecule has 18 heavy (non-hydrogen) atoms. The van der Waals surface area contributed by atoms with Gasteiger partial charge in [-0.1, -0.05) is 43.0 Å². The minimum absolute atomic E-state index is 0.439. The van der Waals surface area contributed by atoms with Crippen LogP contribution in [0.3, 0.4) is 0 Å². The molecule has 0 amide bonds. The van der Waals surface area contributed by atoms with Crippen LogP contribution in [0.25, 0.3) is 0 Å². The van der Waals surface area contributed by atoms with Crippen molar-refractivity contribution in [2.75, 3.05) is 13.1 Å². The number of rotatable bonds is 4. The topological polar surface area (TPSA) is 35.5 Å². The Morgan fingerprint density at radius 3 is 2.78 bits per heavy atom. The highest BCUT2D eigenvalue weighted by atomic mass is 16.5. The van der Waals surface area contributed by atoms with Crippen molar-refractivity contribution < 1.29 is 5.21 Å². The average Bonchev–Trinajstić information content (AvgIpc) is 2.53. The highest BCUT2D eigenvalue weighted by Crippen LogP contribution is 2.13. The standard InChI is InChI=1S/C15H18N2O/c1-13-9-15(10-16-18)7-8-17(11-13)12-14-5-3-2-4-6-14/h2-9,16,18H,1,10-12H2. The fourth-order valence-electron chi connectivity index (χ4n) is 2.00. The van der Waals surface area contributed by atoms with Crippen molar-refractivity contribution in [3.8, 4) is 0 Å². The van der Waals surface area contributed by atoms with Crippen molar-refractivity contribution in [1.29, 1.82) is 0 Å². The molecular weight excluding hydrogens is 224 g/mol. The lowest BCUT2D eigenvalue weighted by Gasteiger charge is -2.19. The smallest absolute Gasteiger partial charge is 0.0458 e. The van der Waals surface area contributed by atoms with Crippen molar-refractivity contribution in [1.82, 2.24) is 10.4 Å². The molecule has 0 saturated carbocycles.